The topological polar surface area (TPSA) is 52.0 Å². The van der Waals surface area contributed by atoms with Crippen molar-refractivity contribution < 1.29 is 0 Å². The van der Waals surface area contributed by atoms with Gasteiger partial charge in [-0.2, -0.15) is 0 Å². The molecule has 1 aliphatic carbocycles. The molecular weight excluding hydrogens is 100 g/mol. The van der Waals surface area contributed by atoms with E-state index in [-0.39, 0.29) is 5.54 Å². The van der Waals surface area contributed by atoms with Gasteiger partial charge in [-0.3, -0.25) is 0 Å². The lowest BCUT2D eigenvalue weighted by Crippen LogP contribution is -2.43. The molecule has 46 valence electrons. The van der Waals surface area contributed by atoms with Crippen molar-refractivity contribution in [3.8, 4) is 0 Å². The van der Waals surface area contributed by atoms with E-state index in [4.69, 9.17) is 11.5 Å². The number of nitrogens with two attached hydrogens (primary N) is 2. The molecule has 0 radical (unpaired) electrons. The van der Waals surface area contributed by atoms with Crippen LogP contribution in [0.25, 0.3) is 0 Å². The summed E-state index contributed by atoms with van der Waals surface area (Å²) in [6.45, 7) is 0.573. The minimum Gasteiger partial charge on any atom is -0.328 e. The number of rotatable bonds is 1. The molecule has 0 amide bonds. The zero-order valence-electron chi connectivity index (χ0n) is 4.93. The Hall–Kier alpha value is -0.340. The van der Waals surface area contributed by atoms with E-state index in [1.807, 2.05) is 6.08 Å². The van der Waals surface area contributed by atoms with Crippen LogP contribution in [-0.4, -0.2) is 12.1 Å². The Morgan fingerprint density at radius 3 is 2.62 bits per heavy atom. The quantitative estimate of drug-likeness (QED) is 0.469. The molecule has 0 bridgehead atoms. The molecule has 1 rings (SSSR count). The third kappa shape index (κ3) is 0.904. The summed E-state index contributed by atoms with van der Waals surface area (Å²) in [7, 11) is 0. The lowest BCUT2D eigenvalue weighted by atomic mass is 10.0. The van der Waals surface area contributed by atoms with Crippen LogP contribution < -0.4 is 11.5 Å². The predicted molar refractivity (Wildman–Crippen MR) is 34.3 cm³/mol. The van der Waals surface area contributed by atoms with Crippen molar-refractivity contribution in [3.63, 3.8) is 0 Å². The van der Waals surface area contributed by atoms with Gasteiger partial charge in [0.25, 0.3) is 0 Å². The van der Waals surface area contributed by atoms with E-state index in [2.05, 4.69) is 6.08 Å². The largest absolute Gasteiger partial charge is 0.328 e. The summed E-state index contributed by atoms with van der Waals surface area (Å²) in [4.78, 5) is 0. The van der Waals surface area contributed by atoms with Gasteiger partial charge in [-0.1, -0.05) is 12.2 Å². The first-order valence-corrected chi connectivity index (χ1v) is 2.93. The van der Waals surface area contributed by atoms with Gasteiger partial charge in [0.15, 0.2) is 0 Å². The smallest absolute Gasteiger partial charge is 0.0466 e. The monoisotopic (exact) mass is 112 g/mol. The van der Waals surface area contributed by atoms with Gasteiger partial charge in [0.05, 0.1) is 0 Å². The summed E-state index contributed by atoms with van der Waals surface area (Å²) in [5.74, 6) is 0. The lowest BCUT2D eigenvalue weighted by Gasteiger charge is -2.17. The second kappa shape index (κ2) is 1.88. The zero-order chi connectivity index (χ0) is 6.04. The van der Waals surface area contributed by atoms with Crippen molar-refractivity contribution in [1.82, 2.24) is 0 Å². The fourth-order valence-electron chi connectivity index (χ4n) is 0.924. The van der Waals surface area contributed by atoms with Crippen molar-refractivity contribution >= 4 is 0 Å². The van der Waals surface area contributed by atoms with Gasteiger partial charge < -0.3 is 11.5 Å². The molecule has 1 unspecified atom stereocenters. The van der Waals surface area contributed by atoms with E-state index in [9.17, 15) is 0 Å². The highest BCUT2D eigenvalue weighted by molar-refractivity contribution is 5.11. The Balaban J connectivity index is 2.54. The highest BCUT2D eigenvalue weighted by atomic mass is 14.8. The number of hydrogen-bond acceptors (Lipinski definition) is 2. The minimum atomic E-state index is -0.167. The molecule has 0 aliphatic heterocycles. The van der Waals surface area contributed by atoms with Crippen LogP contribution in [0.5, 0.6) is 0 Å². The average Bonchev–Trinajstić information content (AvgIpc) is 2.17. The third-order valence-corrected chi connectivity index (χ3v) is 1.61. The molecule has 8 heavy (non-hydrogen) atoms. The van der Waals surface area contributed by atoms with Crippen LogP contribution >= 0.6 is 0 Å². The van der Waals surface area contributed by atoms with Crippen molar-refractivity contribution in [2.24, 2.45) is 11.5 Å². The average molecular weight is 112 g/mol. The predicted octanol–water partition coefficient (Wildman–Crippen LogP) is -0.00740. The fraction of sp³-hybridized carbons (Fsp3) is 0.667. The Labute approximate surface area is 49.5 Å². The van der Waals surface area contributed by atoms with Crippen LogP contribution in [0.1, 0.15) is 12.8 Å². The van der Waals surface area contributed by atoms with Crippen LogP contribution in [0.4, 0.5) is 0 Å². The van der Waals surface area contributed by atoms with E-state index >= 15 is 0 Å². The Morgan fingerprint density at radius 2 is 2.38 bits per heavy atom. The van der Waals surface area contributed by atoms with Crippen LogP contribution in [0.3, 0.4) is 0 Å². The molecule has 1 atom stereocenters. The summed E-state index contributed by atoms with van der Waals surface area (Å²) in [6, 6.07) is 0. The van der Waals surface area contributed by atoms with E-state index in [1.54, 1.807) is 0 Å². The fourth-order valence-corrected chi connectivity index (χ4v) is 0.924. The summed E-state index contributed by atoms with van der Waals surface area (Å²) < 4.78 is 0. The Morgan fingerprint density at radius 1 is 1.62 bits per heavy atom. The first-order chi connectivity index (χ1) is 3.77. The molecule has 0 saturated carbocycles. The molecule has 0 saturated heterocycles. The van der Waals surface area contributed by atoms with Crippen molar-refractivity contribution in [2.45, 2.75) is 18.4 Å². The minimum absolute atomic E-state index is 0.167. The van der Waals surface area contributed by atoms with Gasteiger partial charge in [-0.25, -0.2) is 0 Å². The van der Waals surface area contributed by atoms with E-state index in [0.717, 1.165) is 12.8 Å². The van der Waals surface area contributed by atoms with Crippen LogP contribution in [0.2, 0.25) is 0 Å². The molecule has 0 aromatic rings. The molecule has 0 aromatic carbocycles. The molecule has 0 aromatic heterocycles. The number of hydrogen-bond donors (Lipinski definition) is 2. The maximum Gasteiger partial charge on any atom is 0.0466 e. The first kappa shape index (κ1) is 5.79. The second-order valence-electron chi connectivity index (χ2n) is 2.38. The van der Waals surface area contributed by atoms with E-state index < -0.39 is 0 Å². The van der Waals surface area contributed by atoms with Gasteiger partial charge in [-0.05, 0) is 12.8 Å². The molecule has 2 heteroatoms. The van der Waals surface area contributed by atoms with Crippen molar-refractivity contribution in [1.29, 1.82) is 0 Å². The SMILES string of the molecule is NCC1(N)C=CCC1. The maximum absolute atomic E-state index is 5.75. The van der Waals surface area contributed by atoms with Gasteiger partial charge in [0, 0.05) is 12.1 Å². The summed E-state index contributed by atoms with van der Waals surface area (Å²) in [5, 5.41) is 0. The lowest BCUT2D eigenvalue weighted by molar-refractivity contribution is 0.529. The van der Waals surface area contributed by atoms with E-state index in [0.29, 0.717) is 6.54 Å². The van der Waals surface area contributed by atoms with E-state index in [1.165, 1.54) is 0 Å². The summed E-state index contributed by atoms with van der Waals surface area (Å²) in [5.41, 5.74) is 11.0. The van der Waals surface area contributed by atoms with Gasteiger partial charge >= 0.3 is 0 Å². The van der Waals surface area contributed by atoms with Gasteiger partial charge in [0.1, 0.15) is 0 Å². The molecule has 4 N–H and O–H groups in total. The van der Waals surface area contributed by atoms with Crippen LogP contribution in [0.15, 0.2) is 12.2 Å². The molecule has 0 heterocycles. The molecule has 0 spiro atoms. The Bertz CT molecular complexity index is 109. The standard InChI is InChI=1S/C6H12N2/c7-5-6(8)3-1-2-4-6/h1,3H,2,4-5,7-8H2. The molecular formula is C6H12N2. The zero-order valence-corrected chi connectivity index (χ0v) is 4.93. The Kier molecular flexibility index (Phi) is 1.36. The van der Waals surface area contributed by atoms with Crippen LogP contribution in [-0.2, 0) is 0 Å². The molecule has 1 aliphatic rings. The maximum atomic E-state index is 5.75. The third-order valence-electron chi connectivity index (χ3n) is 1.61. The van der Waals surface area contributed by atoms with Gasteiger partial charge in [0.2, 0.25) is 0 Å². The van der Waals surface area contributed by atoms with Gasteiger partial charge in [-0.15, -0.1) is 0 Å². The molecule has 0 fully saturated rings. The molecule has 2 nitrogen and oxygen atoms in total. The first-order valence-electron chi connectivity index (χ1n) is 2.93. The highest BCUT2D eigenvalue weighted by Crippen LogP contribution is 2.17. The van der Waals surface area contributed by atoms with Crippen molar-refractivity contribution in [2.75, 3.05) is 6.54 Å². The normalized spacial score (nSPS) is 36.2. The second-order valence-corrected chi connectivity index (χ2v) is 2.38. The highest BCUT2D eigenvalue weighted by Gasteiger charge is 2.21. The summed E-state index contributed by atoms with van der Waals surface area (Å²) >= 11 is 0. The number of allylic oxidation sites excluding steroid dienone is 1. The van der Waals surface area contributed by atoms with Crippen molar-refractivity contribution in [3.05, 3.63) is 12.2 Å². The van der Waals surface area contributed by atoms with Crippen LogP contribution in [0, 0.1) is 0 Å². The summed E-state index contributed by atoms with van der Waals surface area (Å²) in [6.07, 6.45) is 6.21.